The van der Waals surface area contributed by atoms with Gasteiger partial charge in [-0.15, -0.1) is 0 Å². The van der Waals surface area contributed by atoms with Crippen molar-refractivity contribution in [3.05, 3.63) is 35.7 Å². The number of anilines is 3. The van der Waals surface area contributed by atoms with Gasteiger partial charge in [-0.05, 0) is 76.7 Å². The Hall–Kier alpha value is -3.11. The Morgan fingerprint density at radius 1 is 1.05 bits per heavy atom. The molecule has 6 rings (SSSR count). The Bertz CT molecular complexity index is 1190. The highest BCUT2D eigenvalue weighted by molar-refractivity contribution is 5.72. The van der Waals surface area contributed by atoms with Crippen molar-refractivity contribution in [1.82, 2.24) is 19.8 Å². The molecule has 1 atom stereocenters. The van der Waals surface area contributed by atoms with Crippen LogP contribution in [0.4, 0.5) is 22.1 Å². The lowest BCUT2D eigenvalue weighted by Crippen LogP contribution is -2.43. The summed E-state index contributed by atoms with van der Waals surface area (Å²) in [4.78, 5) is 28.3. The van der Waals surface area contributed by atoms with E-state index in [0.717, 1.165) is 87.2 Å². The summed E-state index contributed by atoms with van der Waals surface area (Å²) in [5, 5.41) is 3.55. The predicted molar refractivity (Wildman–Crippen MR) is 149 cm³/mol. The summed E-state index contributed by atoms with van der Waals surface area (Å²) in [7, 11) is 0. The van der Waals surface area contributed by atoms with Crippen LogP contribution >= 0.6 is 0 Å². The van der Waals surface area contributed by atoms with Crippen molar-refractivity contribution in [2.45, 2.75) is 64.2 Å². The fourth-order valence-electron chi connectivity index (χ4n) is 6.12. The predicted octanol–water partition coefficient (Wildman–Crippen LogP) is 4.14. The van der Waals surface area contributed by atoms with Gasteiger partial charge >= 0.3 is 6.09 Å². The fraction of sp³-hybridized carbons (Fsp3) is 0.621. The number of carbonyl (C=O) groups excluding carboxylic acids is 1. The molecule has 0 aliphatic carbocycles. The number of nitrogens with one attached hydrogen (secondary N) is 1. The van der Waals surface area contributed by atoms with E-state index in [9.17, 15) is 4.79 Å². The highest BCUT2D eigenvalue weighted by Gasteiger charge is 2.35. The number of nitrogens with zero attached hydrogens (tertiary/aromatic N) is 5. The molecule has 1 N–H and O–H groups in total. The van der Waals surface area contributed by atoms with Crippen molar-refractivity contribution in [3.8, 4) is 5.75 Å². The van der Waals surface area contributed by atoms with Gasteiger partial charge in [0.15, 0.2) is 0 Å². The summed E-state index contributed by atoms with van der Waals surface area (Å²) >= 11 is 0. The molecular weight excluding hydrogens is 496 g/mol. The van der Waals surface area contributed by atoms with E-state index < -0.39 is 5.60 Å². The van der Waals surface area contributed by atoms with Crippen molar-refractivity contribution in [3.63, 3.8) is 0 Å². The summed E-state index contributed by atoms with van der Waals surface area (Å²) < 4.78 is 17.3. The number of carbonyl (C=O) groups is 1. The van der Waals surface area contributed by atoms with E-state index in [1.54, 1.807) is 6.33 Å². The molecule has 1 aromatic heterocycles. The smallest absolute Gasteiger partial charge is 0.410 e. The van der Waals surface area contributed by atoms with Gasteiger partial charge in [-0.3, -0.25) is 4.90 Å². The van der Waals surface area contributed by atoms with Crippen LogP contribution in [0.15, 0.2) is 24.5 Å². The molecule has 0 bridgehead atoms. The molecule has 210 valence electrons. The zero-order valence-corrected chi connectivity index (χ0v) is 23.3. The normalized spacial score (nSPS) is 22.4. The Morgan fingerprint density at radius 3 is 2.62 bits per heavy atom. The number of aromatic nitrogens is 2. The summed E-state index contributed by atoms with van der Waals surface area (Å²) in [6.45, 7) is 12.8. The molecule has 2 aromatic rings. The van der Waals surface area contributed by atoms with E-state index in [4.69, 9.17) is 14.2 Å². The first-order chi connectivity index (χ1) is 18.8. The number of likely N-dealkylation sites (tertiary alicyclic amines) is 2. The van der Waals surface area contributed by atoms with Crippen LogP contribution in [0.25, 0.3) is 0 Å². The van der Waals surface area contributed by atoms with Gasteiger partial charge in [-0.1, -0.05) is 6.07 Å². The molecule has 3 saturated heterocycles. The molecule has 10 nitrogen and oxygen atoms in total. The van der Waals surface area contributed by atoms with Crippen molar-refractivity contribution < 1.29 is 19.0 Å². The second kappa shape index (κ2) is 10.8. The average molecular weight is 537 g/mol. The molecule has 4 aliphatic rings. The van der Waals surface area contributed by atoms with Crippen LogP contribution < -0.4 is 15.0 Å². The van der Waals surface area contributed by atoms with Gasteiger partial charge in [0.1, 0.15) is 35.9 Å². The summed E-state index contributed by atoms with van der Waals surface area (Å²) in [5.41, 5.74) is 2.82. The third kappa shape index (κ3) is 5.77. The molecular formula is C29H40N6O4. The minimum atomic E-state index is -0.457. The fourth-order valence-corrected chi connectivity index (χ4v) is 6.12. The number of ether oxygens (including phenoxy) is 3. The van der Waals surface area contributed by atoms with Crippen molar-refractivity contribution >= 4 is 23.4 Å². The minimum Gasteiger partial charge on any atom is -0.486 e. The van der Waals surface area contributed by atoms with E-state index >= 15 is 0 Å². The van der Waals surface area contributed by atoms with Gasteiger partial charge in [0.2, 0.25) is 0 Å². The van der Waals surface area contributed by atoms with Gasteiger partial charge in [0, 0.05) is 32.2 Å². The second-order valence-electron chi connectivity index (χ2n) is 12.0. The van der Waals surface area contributed by atoms with E-state index in [1.165, 1.54) is 5.56 Å². The molecule has 5 heterocycles. The topological polar surface area (TPSA) is 92.3 Å². The zero-order chi connectivity index (χ0) is 27.0. The standard InChI is InChI=1S/C29H40N6O4/c1-29(2,3)39-28(36)35-11-8-22(17-35)33-9-6-20(7-10-33)21-4-5-25-24(16-21)32-26-23(18-38-25)27(31-19-30-26)34-12-14-37-15-13-34/h4-5,16,19-20,22H,6-15,17-18H2,1-3H3,(H,30,31,32)/t22-/m0/s1. The van der Waals surface area contributed by atoms with E-state index in [0.29, 0.717) is 31.8 Å². The van der Waals surface area contributed by atoms with E-state index in [-0.39, 0.29) is 6.09 Å². The van der Waals surface area contributed by atoms with Crippen LogP contribution in [0, 0.1) is 0 Å². The maximum atomic E-state index is 12.5. The summed E-state index contributed by atoms with van der Waals surface area (Å²) in [5.74, 6) is 3.07. The first-order valence-corrected chi connectivity index (χ1v) is 14.3. The Morgan fingerprint density at radius 2 is 1.85 bits per heavy atom. The molecule has 4 aliphatic heterocycles. The van der Waals surface area contributed by atoms with E-state index in [1.807, 2.05) is 25.7 Å². The number of amides is 1. The molecule has 3 fully saturated rings. The van der Waals surface area contributed by atoms with Crippen molar-refractivity contribution in [2.24, 2.45) is 0 Å². The van der Waals surface area contributed by atoms with Gasteiger partial charge in [0.25, 0.3) is 0 Å². The third-order valence-corrected chi connectivity index (χ3v) is 8.19. The lowest BCUT2D eigenvalue weighted by atomic mass is 9.88. The lowest BCUT2D eigenvalue weighted by molar-refractivity contribution is 0.0276. The maximum Gasteiger partial charge on any atom is 0.410 e. The largest absolute Gasteiger partial charge is 0.486 e. The zero-order valence-electron chi connectivity index (χ0n) is 23.3. The van der Waals surface area contributed by atoms with Crippen molar-refractivity contribution in [2.75, 3.05) is 62.7 Å². The first-order valence-electron chi connectivity index (χ1n) is 14.3. The van der Waals surface area contributed by atoms with Crippen LogP contribution in [0.2, 0.25) is 0 Å². The van der Waals surface area contributed by atoms with Crippen LogP contribution in [-0.4, -0.2) is 90.0 Å². The number of rotatable bonds is 3. The molecule has 1 amide bonds. The number of fused-ring (bicyclic) bond motifs is 2. The van der Waals surface area contributed by atoms with Gasteiger partial charge in [0.05, 0.1) is 24.5 Å². The van der Waals surface area contributed by atoms with Gasteiger partial charge < -0.3 is 29.3 Å². The molecule has 0 radical (unpaired) electrons. The van der Waals surface area contributed by atoms with Gasteiger partial charge in [-0.2, -0.15) is 0 Å². The number of benzene rings is 1. The molecule has 39 heavy (non-hydrogen) atoms. The second-order valence-corrected chi connectivity index (χ2v) is 12.0. The van der Waals surface area contributed by atoms with Crippen molar-refractivity contribution in [1.29, 1.82) is 0 Å². The Balaban J connectivity index is 1.09. The van der Waals surface area contributed by atoms with Gasteiger partial charge in [-0.25, -0.2) is 14.8 Å². The lowest BCUT2D eigenvalue weighted by Gasteiger charge is -2.36. The number of hydrogen-bond acceptors (Lipinski definition) is 9. The Labute approximate surface area is 230 Å². The van der Waals surface area contributed by atoms with Crippen LogP contribution in [0.3, 0.4) is 0 Å². The van der Waals surface area contributed by atoms with Crippen LogP contribution in [-0.2, 0) is 16.1 Å². The quantitative estimate of drug-likeness (QED) is 0.621. The third-order valence-electron chi connectivity index (χ3n) is 8.19. The monoisotopic (exact) mass is 536 g/mol. The van der Waals surface area contributed by atoms with Crippen LogP contribution in [0.5, 0.6) is 5.75 Å². The maximum absolute atomic E-state index is 12.5. The first kappa shape index (κ1) is 26.1. The average Bonchev–Trinajstić information content (AvgIpc) is 3.35. The molecule has 0 spiro atoms. The van der Waals surface area contributed by atoms with Crippen LogP contribution in [0.1, 0.15) is 57.1 Å². The number of morpholine rings is 1. The number of piperidine rings is 1. The minimum absolute atomic E-state index is 0.191. The Kier molecular flexibility index (Phi) is 7.24. The summed E-state index contributed by atoms with van der Waals surface area (Å²) in [6.07, 6.45) is 4.65. The molecule has 0 saturated carbocycles. The molecule has 10 heteroatoms. The highest BCUT2D eigenvalue weighted by atomic mass is 16.6. The van der Waals surface area contributed by atoms with E-state index in [2.05, 4.69) is 43.3 Å². The molecule has 1 aromatic carbocycles. The summed E-state index contributed by atoms with van der Waals surface area (Å²) in [6, 6.07) is 6.96. The molecule has 0 unspecified atom stereocenters. The number of hydrogen-bond donors (Lipinski definition) is 1. The highest BCUT2D eigenvalue weighted by Crippen LogP contribution is 2.39. The SMILES string of the molecule is CC(C)(C)OC(=O)N1CC[C@H](N2CCC(c3ccc4c(c3)Nc3ncnc(N5CCOCC5)c3CO4)CC2)C1.